The van der Waals surface area contributed by atoms with E-state index in [1.54, 1.807) is 0 Å². The lowest BCUT2D eigenvalue weighted by atomic mass is 9.65. The molecule has 0 aromatic carbocycles. The van der Waals surface area contributed by atoms with Gasteiger partial charge in [-0.25, -0.2) is 0 Å². The van der Waals surface area contributed by atoms with Gasteiger partial charge in [0.15, 0.2) is 0 Å². The van der Waals surface area contributed by atoms with Crippen LogP contribution in [0.25, 0.3) is 0 Å². The SMILES string of the molecule is CCCC(C)C(=O)C1CCCCC1(C)C. The highest BCUT2D eigenvalue weighted by Gasteiger charge is 2.38. The first-order valence-corrected chi connectivity index (χ1v) is 6.52. The summed E-state index contributed by atoms with van der Waals surface area (Å²) in [6.07, 6.45) is 7.09. The quantitative estimate of drug-likeness (QED) is 0.679. The number of carbonyl (C=O) groups excluding carboxylic acids is 1. The zero-order valence-corrected chi connectivity index (χ0v) is 10.8. The second-order valence-electron chi connectivity index (χ2n) is 5.88. The molecule has 2 atom stereocenters. The van der Waals surface area contributed by atoms with Gasteiger partial charge < -0.3 is 0 Å². The zero-order valence-electron chi connectivity index (χ0n) is 10.8. The van der Waals surface area contributed by atoms with Crippen LogP contribution in [0.3, 0.4) is 0 Å². The van der Waals surface area contributed by atoms with Gasteiger partial charge in [-0.1, -0.05) is 47.0 Å². The molecule has 0 amide bonds. The molecule has 1 nitrogen and oxygen atoms in total. The summed E-state index contributed by atoms with van der Waals surface area (Å²) in [5.41, 5.74) is 0.247. The Hall–Kier alpha value is -0.330. The summed E-state index contributed by atoms with van der Waals surface area (Å²) in [5.74, 6) is 1.13. The first-order chi connectivity index (χ1) is 6.99. The third-order valence-corrected chi connectivity index (χ3v) is 4.06. The second kappa shape index (κ2) is 5.14. The Kier molecular flexibility index (Phi) is 4.36. The number of ketones is 1. The van der Waals surface area contributed by atoms with E-state index in [1.165, 1.54) is 19.3 Å². The Morgan fingerprint density at radius 2 is 2.07 bits per heavy atom. The van der Waals surface area contributed by atoms with E-state index in [4.69, 9.17) is 0 Å². The van der Waals surface area contributed by atoms with Crippen LogP contribution in [0.15, 0.2) is 0 Å². The number of Topliss-reactive ketones (excluding diaryl/α,β-unsaturated/α-hetero) is 1. The Bertz CT molecular complexity index is 217. The van der Waals surface area contributed by atoms with Crippen molar-refractivity contribution in [3.63, 3.8) is 0 Å². The lowest BCUT2D eigenvalue weighted by Gasteiger charge is -2.38. The molecule has 1 rings (SSSR count). The van der Waals surface area contributed by atoms with Crippen LogP contribution < -0.4 is 0 Å². The van der Waals surface area contributed by atoms with Crippen molar-refractivity contribution < 1.29 is 4.79 Å². The summed E-state index contributed by atoms with van der Waals surface area (Å²) in [5, 5.41) is 0. The average Bonchev–Trinajstić information content (AvgIpc) is 2.16. The van der Waals surface area contributed by atoms with E-state index in [1.807, 2.05) is 0 Å². The highest BCUT2D eigenvalue weighted by atomic mass is 16.1. The van der Waals surface area contributed by atoms with E-state index in [2.05, 4.69) is 27.7 Å². The molecule has 0 heterocycles. The van der Waals surface area contributed by atoms with Gasteiger partial charge >= 0.3 is 0 Å². The Morgan fingerprint density at radius 1 is 1.40 bits per heavy atom. The average molecular weight is 210 g/mol. The van der Waals surface area contributed by atoms with E-state index in [0.717, 1.165) is 19.3 Å². The number of rotatable bonds is 4. The summed E-state index contributed by atoms with van der Waals surface area (Å²) in [6, 6.07) is 0. The molecule has 2 unspecified atom stereocenters. The molecule has 0 aromatic rings. The second-order valence-corrected chi connectivity index (χ2v) is 5.88. The number of hydrogen-bond acceptors (Lipinski definition) is 1. The van der Waals surface area contributed by atoms with Gasteiger partial charge in [0, 0.05) is 11.8 Å². The molecule has 0 aliphatic heterocycles. The minimum atomic E-state index is 0.247. The maximum absolute atomic E-state index is 12.3. The summed E-state index contributed by atoms with van der Waals surface area (Å²) in [6.45, 7) is 8.81. The minimum absolute atomic E-state index is 0.247. The molecular weight excluding hydrogens is 184 g/mol. The van der Waals surface area contributed by atoms with Crippen molar-refractivity contribution in [1.29, 1.82) is 0 Å². The molecule has 0 N–H and O–H groups in total. The van der Waals surface area contributed by atoms with Gasteiger partial charge in [0.2, 0.25) is 0 Å². The van der Waals surface area contributed by atoms with Crippen LogP contribution in [-0.4, -0.2) is 5.78 Å². The normalized spacial score (nSPS) is 27.3. The Labute approximate surface area is 94.6 Å². The molecule has 0 aromatic heterocycles. The van der Waals surface area contributed by atoms with Crippen LogP contribution in [0.5, 0.6) is 0 Å². The van der Waals surface area contributed by atoms with Crippen LogP contribution in [0.1, 0.15) is 66.2 Å². The molecule has 88 valence electrons. The molecule has 1 saturated carbocycles. The van der Waals surface area contributed by atoms with Gasteiger partial charge in [-0.15, -0.1) is 0 Å². The lowest BCUT2D eigenvalue weighted by molar-refractivity contribution is -0.131. The molecule has 1 aliphatic rings. The van der Waals surface area contributed by atoms with Crippen molar-refractivity contribution in [2.24, 2.45) is 17.3 Å². The standard InChI is InChI=1S/C14H26O/c1-5-8-11(2)13(15)12-9-6-7-10-14(12,3)4/h11-12H,5-10H2,1-4H3. The largest absolute Gasteiger partial charge is 0.299 e. The minimum Gasteiger partial charge on any atom is -0.299 e. The topological polar surface area (TPSA) is 17.1 Å². The molecule has 0 spiro atoms. The first kappa shape index (κ1) is 12.7. The fraction of sp³-hybridized carbons (Fsp3) is 0.929. The summed E-state index contributed by atoms with van der Waals surface area (Å²) < 4.78 is 0. The van der Waals surface area contributed by atoms with Gasteiger partial charge in [-0.05, 0) is 24.7 Å². The predicted octanol–water partition coefficient (Wildman–Crippen LogP) is 4.21. The van der Waals surface area contributed by atoms with Gasteiger partial charge in [-0.3, -0.25) is 4.79 Å². The summed E-state index contributed by atoms with van der Waals surface area (Å²) in [7, 11) is 0. The summed E-state index contributed by atoms with van der Waals surface area (Å²) >= 11 is 0. The van der Waals surface area contributed by atoms with Gasteiger partial charge in [0.1, 0.15) is 5.78 Å². The molecule has 0 bridgehead atoms. The molecule has 1 fully saturated rings. The van der Waals surface area contributed by atoms with Crippen molar-refractivity contribution in [3.8, 4) is 0 Å². The van der Waals surface area contributed by atoms with Crippen LogP contribution in [-0.2, 0) is 4.79 Å². The van der Waals surface area contributed by atoms with Gasteiger partial charge in [0.05, 0.1) is 0 Å². The molecule has 1 aliphatic carbocycles. The highest BCUT2D eigenvalue weighted by Crippen LogP contribution is 2.42. The predicted molar refractivity (Wildman–Crippen MR) is 64.8 cm³/mol. The fourth-order valence-electron chi connectivity index (χ4n) is 2.94. The number of carbonyl (C=O) groups is 1. The van der Waals surface area contributed by atoms with Crippen molar-refractivity contribution in [1.82, 2.24) is 0 Å². The van der Waals surface area contributed by atoms with Crippen LogP contribution in [0.2, 0.25) is 0 Å². The van der Waals surface area contributed by atoms with Crippen molar-refractivity contribution >= 4 is 5.78 Å². The summed E-state index contributed by atoms with van der Waals surface area (Å²) in [4.78, 5) is 12.3. The van der Waals surface area contributed by atoms with Crippen LogP contribution in [0, 0.1) is 17.3 Å². The van der Waals surface area contributed by atoms with Gasteiger partial charge in [0.25, 0.3) is 0 Å². The van der Waals surface area contributed by atoms with E-state index < -0.39 is 0 Å². The van der Waals surface area contributed by atoms with E-state index in [9.17, 15) is 4.79 Å². The smallest absolute Gasteiger partial charge is 0.139 e. The van der Waals surface area contributed by atoms with E-state index >= 15 is 0 Å². The van der Waals surface area contributed by atoms with Crippen LogP contribution in [0.4, 0.5) is 0 Å². The Morgan fingerprint density at radius 3 is 2.60 bits per heavy atom. The van der Waals surface area contributed by atoms with E-state index in [-0.39, 0.29) is 11.3 Å². The maximum Gasteiger partial charge on any atom is 0.139 e. The highest BCUT2D eigenvalue weighted by molar-refractivity contribution is 5.83. The molecule has 0 radical (unpaired) electrons. The maximum atomic E-state index is 12.3. The molecule has 1 heteroatoms. The first-order valence-electron chi connectivity index (χ1n) is 6.52. The van der Waals surface area contributed by atoms with Crippen molar-refractivity contribution in [3.05, 3.63) is 0 Å². The Balaban J connectivity index is 2.64. The monoisotopic (exact) mass is 210 g/mol. The third-order valence-electron chi connectivity index (χ3n) is 4.06. The molecule has 0 saturated heterocycles. The zero-order chi connectivity index (χ0) is 11.5. The van der Waals surface area contributed by atoms with Crippen molar-refractivity contribution in [2.45, 2.75) is 66.2 Å². The van der Waals surface area contributed by atoms with Gasteiger partial charge in [-0.2, -0.15) is 0 Å². The number of hydrogen-bond donors (Lipinski definition) is 0. The molecule has 15 heavy (non-hydrogen) atoms. The van der Waals surface area contributed by atoms with Crippen LogP contribution >= 0.6 is 0 Å². The third kappa shape index (κ3) is 3.06. The lowest BCUT2D eigenvalue weighted by Crippen LogP contribution is -2.36. The molecular formula is C14H26O. The van der Waals surface area contributed by atoms with Crippen molar-refractivity contribution in [2.75, 3.05) is 0 Å². The fourth-order valence-corrected chi connectivity index (χ4v) is 2.94. The van der Waals surface area contributed by atoms with E-state index in [0.29, 0.717) is 11.7 Å².